The molecular weight excluding hydrogens is 309 g/mol. The molecule has 0 bridgehead atoms. The molecule has 1 aromatic heterocycles. The number of benzene rings is 4. The molecule has 0 unspecified atom stereocenters. The van der Waals surface area contributed by atoms with Gasteiger partial charge in [0.2, 0.25) is 0 Å². The van der Waals surface area contributed by atoms with Crippen LogP contribution in [0.15, 0.2) is 72.8 Å². The molecule has 0 atom stereocenters. The van der Waals surface area contributed by atoms with Crippen LogP contribution in [0.25, 0.3) is 42.6 Å². The standard InChI is InChI=1S/C22H18NP/c1-23(2)24-19-13-11-15-7-3-5-9-17(15)21(19)22-18-10-6-4-8-16(18)12-14-20(22)24/h3-14H,1-2H3. The molecule has 0 saturated carbocycles. The van der Waals surface area contributed by atoms with Crippen molar-refractivity contribution in [3.8, 4) is 0 Å². The lowest BCUT2D eigenvalue weighted by atomic mass is 10.00. The first-order valence-corrected chi connectivity index (χ1v) is 9.56. The average Bonchev–Trinajstić information content (AvgIpc) is 2.97. The van der Waals surface area contributed by atoms with E-state index in [1.165, 1.54) is 42.6 Å². The zero-order chi connectivity index (χ0) is 16.3. The number of hydrogen-bond donors (Lipinski definition) is 0. The molecule has 0 saturated heterocycles. The number of fused-ring (bicyclic) bond motifs is 7. The lowest BCUT2D eigenvalue weighted by Crippen LogP contribution is -2.02. The topological polar surface area (TPSA) is 3.24 Å². The van der Waals surface area contributed by atoms with E-state index < -0.39 is 7.68 Å². The Bertz CT molecular complexity index is 1140. The van der Waals surface area contributed by atoms with E-state index in [4.69, 9.17) is 0 Å². The van der Waals surface area contributed by atoms with E-state index in [1.54, 1.807) is 0 Å². The Morgan fingerprint density at radius 2 is 1.04 bits per heavy atom. The number of hydrogen-bond acceptors (Lipinski definition) is 1. The van der Waals surface area contributed by atoms with Crippen LogP contribution in [0.5, 0.6) is 0 Å². The summed E-state index contributed by atoms with van der Waals surface area (Å²) < 4.78 is 2.39. The van der Waals surface area contributed by atoms with E-state index >= 15 is 0 Å². The molecule has 0 amide bonds. The molecule has 2 heteroatoms. The van der Waals surface area contributed by atoms with Crippen molar-refractivity contribution in [2.45, 2.75) is 0 Å². The van der Waals surface area contributed by atoms with E-state index in [0.29, 0.717) is 0 Å². The van der Waals surface area contributed by atoms with Crippen LogP contribution in [0.1, 0.15) is 0 Å². The highest BCUT2D eigenvalue weighted by Crippen LogP contribution is 2.52. The van der Waals surface area contributed by atoms with Gasteiger partial charge in [-0.25, -0.2) is 0 Å². The van der Waals surface area contributed by atoms with Crippen LogP contribution in [0.3, 0.4) is 0 Å². The van der Waals surface area contributed by atoms with Crippen LogP contribution in [-0.4, -0.2) is 14.1 Å². The smallest absolute Gasteiger partial charge is 0.0173 e. The summed E-state index contributed by atoms with van der Waals surface area (Å²) in [6.07, 6.45) is 0. The Labute approximate surface area is 142 Å². The maximum absolute atomic E-state index is 2.39. The Hall–Kier alpha value is -2.34. The lowest BCUT2D eigenvalue weighted by Gasteiger charge is -2.11. The first-order valence-electron chi connectivity index (χ1n) is 8.27. The molecule has 5 rings (SSSR count). The SMILES string of the molecule is CN(C)p1c2ccc3ccccc3c2c2c3ccccc3ccc21. The van der Waals surface area contributed by atoms with Gasteiger partial charge in [0, 0.05) is 21.0 Å². The van der Waals surface area contributed by atoms with E-state index in [1.807, 2.05) is 0 Å². The third-order valence-corrected chi connectivity index (χ3v) is 7.38. The minimum Gasteiger partial charge on any atom is -0.267 e. The Morgan fingerprint density at radius 1 is 0.583 bits per heavy atom. The predicted octanol–water partition coefficient (Wildman–Crippen LogP) is 6.48. The first-order chi connectivity index (χ1) is 11.8. The highest BCUT2D eigenvalue weighted by molar-refractivity contribution is 7.62. The molecule has 24 heavy (non-hydrogen) atoms. The summed E-state index contributed by atoms with van der Waals surface area (Å²) in [5, 5.41) is 11.3. The lowest BCUT2D eigenvalue weighted by molar-refractivity contribution is 1.27. The van der Waals surface area contributed by atoms with Crippen molar-refractivity contribution in [2.75, 3.05) is 18.8 Å². The summed E-state index contributed by atoms with van der Waals surface area (Å²) in [6, 6.07) is 26.8. The second kappa shape index (κ2) is 5.08. The van der Waals surface area contributed by atoms with Gasteiger partial charge in [-0.15, -0.1) is 0 Å². The fourth-order valence-corrected chi connectivity index (χ4v) is 6.40. The van der Waals surface area contributed by atoms with Crippen molar-refractivity contribution in [1.29, 1.82) is 0 Å². The summed E-state index contributed by atoms with van der Waals surface area (Å²) in [5.74, 6) is 0. The van der Waals surface area contributed by atoms with Gasteiger partial charge in [0.25, 0.3) is 0 Å². The monoisotopic (exact) mass is 327 g/mol. The van der Waals surface area contributed by atoms with Crippen LogP contribution in [0.2, 0.25) is 0 Å². The van der Waals surface area contributed by atoms with E-state index in [9.17, 15) is 0 Å². The Kier molecular flexibility index (Phi) is 2.97. The zero-order valence-electron chi connectivity index (χ0n) is 13.8. The van der Waals surface area contributed by atoms with Crippen LogP contribution in [0, 0.1) is 0 Å². The summed E-state index contributed by atoms with van der Waals surface area (Å²) in [7, 11) is 3.96. The fraction of sp³-hybridized carbons (Fsp3) is 0.0909. The summed E-state index contributed by atoms with van der Waals surface area (Å²) in [6.45, 7) is 0. The quantitative estimate of drug-likeness (QED) is 0.340. The predicted molar refractivity (Wildman–Crippen MR) is 109 cm³/mol. The van der Waals surface area contributed by atoms with Crippen molar-refractivity contribution in [3.63, 3.8) is 0 Å². The molecule has 5 aromatic rings. The Morgan fingerprint density at radius 3 is 1.50 bits per heavy atom. The van der Waals surface area contributed by atoms with Gasteiger partial charge in [-0.05, 0) is 55.5 Å². The minimum absolute atomic E-state index is 0.449. The molecule has 0 aliphatic rings. The fourth-order valence-electron chi connectivity index (χ4n) is 3.96. The van der Waals surface area contributed by atoms with Gasteiger partial charge in [-0.3, -0.25) is 4.67 Å². The van der Waals surface area contributed by atoms with Crippen LogP contribution < -0.4 is 4.67 Å². The maximum atomic E-state index is 2.39. The van der Waals surface area contributed by atoms with E-state index in [-0.39, 0.29) is 0 Å². The molecule has 0 N–H and O–H groups in total. The van der Waals surface area contributed by atoms with Crippen molar-refractivity contribution < 1.29 is 0 Å². The second-order valence-corrected chi connectivity index (χ2v) is 8.91. The van der Waals surface area contributed by atoms with Gasteiger partial charge >= 0.3 is 0 Å². The van der Waals surface area contributed by atoms with Gasteiger partial charge in [-0.2, -0.15) is 0 Å². The number of nitrogens with zero attached hydrogens (tertiary/aromatic N) is 1. The van der Waals surface area contributed by atoms with Gasteiger partial charge in [0.05, 0.1) is 0 Å². The first kappa shape index (κ1) is 14.0. The van der Waals surface area contributed by atoms with Crippen molar-refractivity contribution in [1.82, 2.24) is 0 Å². The Balaban J connectivity index is 2.18. The van der Waals surface area contributed by atoms with Crippen molar-refractivity contribution in [3.05, 3.63) is 72.8 Å². The normalized spacial score (nSPS) is 12.1. The largest absolute Gasteiger partial charge is 0.267 e. The third-order valence-electron chi connectivity index (χ3n) is 4.92. The van der Waals surface area contributed by atoms with Gasteiger partial charge in [0.15, 0.2) is 0 Å². The summed E-state index contributed by atoms with van der Waals surface area (Å²) in [5.41, 5.74) is 0. The molecule has 0 aliphatic heterocycles. The highest BCUT2D eigenvalue weighted by atomic mass is 31.1. The third kappa shape index (κ3) is 1.80. The molecule has 4 aromatic carbocycles. The van der Waals surface area contributed by atoms with Crippen LogP contribution in [0.4, 0.5) is 0 Å². The van der Waals surface area contributed by atoms with Gasteiger partial charge < -0.3 is 0 Å². The van der Waals surface area contributed by atoms with Gasteiger partial charge in [0.1, 0.15) is 0 Å². The van der Waals surface area contributed by atoms with Crippen LogP contribution >= 0.6 is 7.68 Å². The molecule has 1 nitrogen and oxygen atoms in total. The molecule has 116 valence electrons. The maximum Gasteiger partial charge on any atom is 0.0173 e. The molecule has 0 fully saturated rings. The zero-order valence-corrected chi connectivity index (χ0v) is 14.7. The molecule has 0 aliphatic carbocycles. The summed E-state index contributed by atoms with van der Waals surface area (Å²) >= 11 is 0. The second-order valence-electron chi connectivity index (χ2n) is 6.52. The highest BCUT2D eigenvalue weighted by Gasteiger charge is 2.17. The minimum atomic E-state index is -0.449. The van der Waals surface area contributed by atoms with Gasteiger partial charge in [-0.1, -0.05) is 60.7 Å². The average molecular weight is 327 g/mol. The summed E-state index contributed by atoms with van der Waals surface area (Å²) in [4.78, 5) is 0. The van der Waals surface area contributed by atoms with E-state index in [2.05, 4.69) is 91.6 Å². The van der Waals surface area contributed by atoms with Crippen molar-refractivity contribution in [2.24, 2.45) is 0 Å². The van der Waals surface area contributed by atoms with Crippen molar-refractivity contribution >= 4 is 50.2 Å². The molecule has 1 heterocycles. The van der Waals surface area contributed by atoms with E-state index in [0.717, 1.165) is 0 Å². The molecule has 0 spiro atoms. The van der Waals surface area contributed by atoms with Crippen LogP contribution in [-0.2, 0) is 0 Å². The number of rotatable bonds is 1. The molecule has 0 radical (unpaired) electrons. The molecular formula is C22H18NP.